The van der Waals surface area contributed by atoms with Crippen LogP contribution in [0.15, 0.2) is 30.5 Å². The van der Waals surface area contributed by atoms with E-state index in [1.807, 2.05) is 0 Å². The SMILES string of the molecule is CNC(=O)c1cccnc1-c1cc(C(=O)NC2CC2)cc(F)c1C. The van der Waals surface area contributed by atoms with Gasteiger partial charge in [-0.3, -0.25) is 14.6 Å². The number of amides is 2. The molecule has 6 heteroatoms. The summed E-state index contributed by atoms with van der Waals surface area (Å²) < 4.78 is 14.3. The van der Waals surface area contributed by atoms with Gasteiger partial charge in [0.15, 0.2) is 0 Å². The van der Waals surface area contributed by atoms with Crippen LogP contribution in [0.1, 0.15) is 39.1 Å². The fourth-order valence-electron chi connectivity index (χ4n) is 2.49. The van der Waals surface area contributed by atoms with Crippen LogP contribution in [0.4, 0.5) is 4.39 Å². The van der Waals surface area contributed by atoms with Gasteiger partial charge >= 0.3 is 0 Å². The molecule has 0 atom stereocenters. The first-order chi connectivity index (χ1) is 11.5. The number of pyridine rings is 1. The Bertz CT molecular complexity index is 816. The molecule has 1 aromatic carbocycles. The number of aromatic nitrogens is 1. The van der Waals surface area contributed by atoms with Crippen LogP contribution in [0.3, 0.4) is 0 Å². The number of carbonyl (C=O) groups is 2. The summed E-state index contributed by atoms with van der Waals surface area (Å²) in [6.07, 6.45) is 3.44. The number of carbonyl (C=O) groups excluding carboxylic acids is 2. The smallest absolute Gasteiger partial charge is 0.253 e. The second kappa shape index (κ2) is 6.39. The third-order valence-corrected chi connectivity index (χ3v) is 4.05. The third kappa shape index (κ3) is 3.13. The van der Waals surface area contributed by atoms with E-state index in [0.717, 1.165) is 12.8 Å². The van der Waals surface area contributed by atoms with Crippen molar-refractivity contribution in [3.05, 3.63) is 53.0 Å². The largest absolute Gasteiger partial charge is 0.355 e. The average Bonchev–Trinajstić information content (AvgIpc) is 3.40. The Morgan fingerprint density at radius 2 is 2.00 bits per heavy atom. The van der Waals surface area contributed by atoms with Crippen LogP contribution in [-0.4, -0.2) is 29.9 Å². The molecule has 0 bridgehead atoms. The summed E-state index contributed by atoms with van der Waals surface area (Å²) in [5.41, 5.74) is 1.71. The van der Waals surface area contributed by atoms with E-state index in [-0.39, 0.29) is 23.4 Å². The highest BCUT2D eigenvalue weighted by atomic mass is 19.1. The molecular formula is C18H18FN3O2. The maximum atomic E-state index is 14.3. The summed E-state index contributed by atoms with van der Waals surface area (Å²) in [6, 6.07) is 6.25. The molecule has 1 aliphatic carbocycles. The Balaban J connectivity index is 2.09. The van der Waals surface area contributed by atoms with Crippen LogP contribution in [-0.2, 0) is 0 Å². The van der Waals surface area contributed by atoms with Gasteiger partial charge in [-0.25, -0.2) is 4.39 Å². The van der Waals surface area contributed by atoms with Gasteiger partial charge in [-0.05, 0) is 49.6 Å². The van der Waals surface area contributed by atoms with Gasteiger partial charge in [0.05, 0.1) is 11.3 Å². The molecule has 1 heterocycles. The fraction of sp³-hybridized carbons (Fsp3) is 0.278. The second-order valence-electron chi connectivity index (χ2n) is 5.86. The second-order valence-corrected chi connectivity index (χ2v) is 5.86. The van der Waals surface area contributed by atoms with Crippen LogP contribution in [0, 0.1) is 12.7 Å². The minimum Gasteiger partial charge on any atom is -0.355 e. The van der Waals surface area contributed by atoms with Crippen molar-refractivity contribution < 1.29 is 14.0 Å². The molecule has 2 amide bonds. The van der Waals surface area contributed by atoms with Gasteiger partial charge in [0.25, 0.3) is 11.8 Å². The van der Waals surface area contributed by atoms with Gasteiger partial charge in [-0.1, -0.05) is 0 Å². The zero-order valence-electron chi connectivity index (χ0n) is 13.5. The highest BCUT2D eigenvalue weighted by Crippen LogP contribution is 2.28. The van der Waals surface area contributed by atoms with E-state index in [2.05, 4.69) is 15.6 Å². The number of hydrogen-bond donors (Lipinski definition) is 2. The zero-order valence-corrected chi connectivity index (χ0v) is 13.5. The lowest BCUT2D eigenvalue weighted by Crippen LogP contribution is -2.25. The molecule has 1 aromatic heterocycles. The van der Waals surface area contributed by atoms with Gasteiger partial charge in [0, 0.05) is 30.4 Å². The molecule has 2 aromatic rings. The molecule has 0 saturated heterocycles. The van der Waals surface area contributed by atoms with Crippen molar-refractivity contribution in [1.29, 1.82) is 0 Å². The van der Waals surface area contributed by atoms with Crippen molar-refractivity contribution >= 4 is 11.8 Å². The fourth-order valence-corrected chi connectivity index (χ4v) is 2.49. The minimum absolute atomic E-state index is 0.182. The Labute approximate surface area is 139 Å². The van der Waals surface area contributed by atoms with Crippen LogP contribution >= 0.6 is 0 Å². The Morgan fingerprint density at radius 3 is 2.67 bits per heavy atom. The van der Waals surface area contributed by atoms with Gasteiger partial charge in [0.2, 0.25) is 0 Å². The lowest BCUT2D eigenvalue weighted by Gasteiger charge is -2.13. The molecule has 0 radical (unpaired) electrons. The Kier molecular flexibility index (Phi) is 4.29. The van der Waals surface area contributed by atoms with Crippen molar-refractivity contribution in [3.63, 3.8) is 0 Å². The van der Waals surface area contributed by atoms with Crippen LogP contribution < -0.4 is 10.6 Å². The number of benzene rings is 1. The molecule has 2 N–H and O–H groups in total. The topological polar surface area (TPSA) is 71.1 Å². The molecule has 124 valence electrons. The number of nitrogens with zero attached hydrogens (tertiary/aromatic N) is 1. The van der Waals surface area contributed by atoms with E-state index in [0.29, 0.717) is 22.4 Å². The van der Waals surface area contributed by atoms with E-state index < -0.39 is 5.82 Å². The highest BCUT2D eigenvalue weighted by Gasteiger charge is 2.25. The molecule has 0 spiro atoms. The van der Waals surface area contributed by atoms with Crippen LogP contribution in [0.25, 0.3) is 11.3 Å². The maximum absolute atomic E-state index is 14.3. The number of hydrogen-bond acceptors (Lipinski definition) is 3. The van der Waals surface area contributed by atoms with E-state index >= 15 is 0 Å². The van der Waals surface area contributed by atoms with Gasteiger partial charge in [-0.2, -0.15) is 0 Å². The average molecular weight is 327 g/mol. The highest BCUT2D eigenvalue weighted by molar-refractivity contribution is 6.01. The summed E-state index contributed by atoms with van der Waals surface area (Å²) in [6.45, 7) is 1.61. The van der Waals surface area contributed by atoms with E-state index in [1.165, 1.54) is 19.3 Å². The van der Waals surface area contributed by atoms with Gasteiger partial charge in [0.1, 0.15) is 5.82 Å². The maximum Gasteiger partial charge on any atom is 0.253 e. The number of halogens is 1. The van der Waals surface area contributed by atoms with Gasteiger partial charge < -0.3 is 10.6 Å². The van der Waals surface area contributed by atoms with Crippen molar-refractivity contribution in [3.8, 4) is 11.3 Å². The molecule has 0 unspecified atom stereocenters. The van der Waals surface area contributed by atoms with Crippen molar-refractivity contribution in [1.82, 2.24) is 15.6 Å². The molecule has 3 rings (SSSR count). The van der Waals surface area contributed by atoms with Crippen LogP contribution in [0.5, 0.6) is 0 Å². The molecular weight excluding hydrogens is 309 g/mol. The monoisotopic (exact) mass is 327 g/mol. The van der Waals surface area contributed by atoms with Gasteiger partial charge in [-0.15, -0.1) is 0 Å². The molecule has 1 aliphatic rings. The first-order valence-electron chi connectivity index (χ1n) is 7.79. The summed E-state index contributed by atoms with van der Waals surface area (Å²) in [5.74, 6) is -1.12. The predicted octanol–water partition coefficient (Wildman–Crippen LogP) is 2.45. The lowest BCUT2D eigenvalue weighted by atomic mass is 9.97. The molecule has 5 nitrogen and oxygen atoms in total. The third-order valence-electron chi connectivity index (χ3n) is 4.05. The Morgan fingerprint density at radius 1 is 1.25 bits per heavy atom. The molecule has 24 heavy (non-hydrogen) atoms. The molecule has 1 fully saturated rings. The van der Waals surface area contributed by atoms with Crippen molar-refractivity contribution in [2.75, 3.05) is 7.05 Å². The first kappa shape index (κ1) is 16.1. The summed E-state index contributed by atoms with van der Waals surface area (Å²) in [4.78, 5) is 28.5. The quantitative estimate of drug-likeness (QED) is 0.906. The zero-order chi connectivity index (χ0) is 17.3. The van der Waals surface area contributed by atoms with E-state index in [1.54, 1.807) is 25.1 Å². The normalized spacial score (nSPS) is 13.5. The molecule has 0 aliphatic heterocycles. The standard InChI is InChI=1S/C18H18FN3O2/c1-10-14(16-13(18(24)20-2)4-3-7-21-16)8-11(9-15(10)19)17(23)22-12-5-6-12/h3-4,7-9,12H,5-6H2,1-2H3,(H,20,24)(H,22,23). The summed E-state index contributed by atoms with van der Waals surface area (Å²) >= 11 is 0. The van der Waals surface area contributed by atoms with E-state index in [4.69, 9.17) is 0 Å². The molecule has 1 saturated carbocycles. The van der Waals surface area contributed by atoms with Crippen LogP contribution in [0.2, 0.25) is 0 Å². The number of nitrogens with one attached hydrogen (secondary N) is 2. The lowest BCUT2D eigenvalue weighted by molar-refractivity contribution is 0.0947. The summed E-state index contributed by atoms with van der Waals surface area (Å²) in [7, 11) is 1.52. The van der Waals surface area contributed by atoms with Crippen molar-refractivity contribution in [2.24, 2.45) is 0 Å². The van der Waals surface area contributed by atoms with E-state index in [9.17, 15) is 14.0 Å². The van der Waals surface area contributed by atoms with Crippen molar-refractivity contribution in [2.45, 2.75) is 25.8 Å². The minimum atomic E-state index is -0.498. The number of rotatable bonds is 4. The predicted molar refractivity (Wildman–Crippen MR) is 88.2 cm³/mol. The first-order valence-corrected chi connectivity index (χ1v) is 7.79. The Hall–Kier alpha value is -2.76. The summed E-state index contributed by atoms with van der Waals surface area (Å²) in [5, 5.41) is 5.38.